The summed E-state index contributed by atoms with van der Waals surface area (Å²) >= 11 is 1.65. The number of carboxylic acid groups (broad SMARTS) is 1. The van der Waals surface area contributed by atoms with Crippen molar-refractivity contribution in [1.29, 1.82) is 0 Å². The van der Waals surface area contributed by atoms with Gasteiger partial charge in [-0.05, 0) is 37.3 Å². The van der Waals surface area contributed by atoms with Crippen LogP contribution >= 0.6 is 11.3 Å². The first-order chi connectivity index (χ1) is 7.94. The van der Waals surface area contributed by atoms with E-state index in [9.17, 15) is 4.79 Å². The average Bonchev–Trinajstić information content (AvgIpc) is 2.41. The summed E-state index contributed by atoms with van der Waals surface area (Å²) in [5.74, 6) is -0.789. The fraction of sp³-hybridized carbons (Fsp3) is 0.643. The molecule has 0 amide bonds. The molecular formula is C14H23NO2S. The van der Waals surface area contributed by atoms with E-state index in [2.05, 4.69) is 20.8 Å². The highest BCUT2D eigenvalue weighted by molar-refractivity contribution is 7.12. The molecule has 0 aliphatic heterocycles. The van der Waals surface area contributed by atoms with Crippen LogP contribution in [0.2, 0.25) is 0 Å². The van der Waals surface area contributed by atoms with Gasteiger partial charge < -0.3 is 10.8 Å². The predicted octanol–water partition coefficient (Wildman–Crippen LogP) is 3.17. The van der Waals surface area contributed by atoms with Crippen molar-refractivity contribution in [2.75, 3.05) is 0 Å². The number of hydrogen-bond acceptors (Lipinski definition) is 3. The lowest BCUT2D eigenvalue weighted by atomic mass is 9.88. The zero-order chi connectivity index (χ0) is 14.3. The van der Waals surface area contributed by atoms with Gasteiger partial charge >= 0.3 is 5.97 Å². The molecule has 0 spiro atoms. The van der Waals surface area contributed by atoms with Crippen LogP contribution in [0.4, 0.5) is 0 Å². The van der Waals surface area contributed by atoms with Crippen LogP contribution in [0.1, 0.15) is 55.5 Å². The second kappa shape index (κ2) is 4.67. The summed E-state index contributed by atoms with van der Waals surface area (Å²) in [7, 11) is 0. The first kappa shape index (κ1) is 15.2. The molecule has 1 aromatic rings. The van der Waals surface area contributed by atoms with Crippen molar-refractivity contribution >= 4 is 17.3 Å². The normalized spacial score (nSPS) is 12.8. The standard InChI is InChI=1S/C14H23NO2S/c1-8-9(7-10(16)17)12(13(2,3)4)18-11(8)14(5,6)15/h7,15H2,1-6H3,(H,16,17). The van der Waals surface area contributed by atoms with Crippen LogP contribution in [-0.2, 0) is 22.2 Å². The minimum atomic E-state index is -0.789. The Morgan fingerprint density at radius 2 is 1.72 bits per heavy atom. The van der Waals surface area contributed by atoms with Crippen LogP contribution in [0.25, 0.3) is 0 Å². The van der Waals surface area contributed by atoms with Crippen molar-refractivity contribution in [3.05, 3.63) is 20.9 Å². The smallest absolute Gasteiger partial charge is 0.307 e. The van der Waals surface area contributed by atoms with E-state index in [1.165, 1.54) is 0 Å². The number of aliphatic carboxylic acids is 1. The monoisotopic (exact) mass is 269 g/mol. The fourth-order valence-electron chi connectivity index (χ4n) is 2.13. The van der Waals surface area contributed by atoms with Gasteiger partial charge in [-0.2, -0.15) is 0 Å². The van der Waals surface area contributed by atoms with Crippen molar-refractivity contribution in [3.63, 3.8) is 0 Å². The number of carbonyl (C=O) groups is 1. The van der Waals surface area contributed by atoms with Gasteiger partial charge in [0.1, 0.15) is 0 Å². The Labute approximate surface area is 113 Å². The molecule has 0 fully saturated rings. The van der Waals surface area contributed by atoms with Gasteiger partial charge in [-0.15, -0.1) is 11.3 Å². The molecule has 0 radical (unpaired) electrons. The Kier molecular flexibility index (Phi) is 3.94. The summed E-state index contributed by atoms with van der Waals surface area (Å²) < 4.78 is 0. The first-order valence-electron chi connectivity index (χ1n) is 6.08. The van der Waals surface area contributed by atoms with Crippen molar-refractivity contribution in [1.82, 2.24) is 0 Å². The second-order valence-electron chi connectivity index (χ2n) is 6.41. The summed E-state index contributed by atoms with van der Waals surface area (Å²) in [5.41, 5.74) is 7.68. The molecule has 1 aromatic heterocycles. The Balaban J connectivity index is 3.46. The van der Waals surface area contributed by atoms with Crippen LogP contribution < -0.4 is 5.73 Å². The molecule has 3 nitrogen and oxygen atoms in total. The van der Waals surface area contributed by atoms with E-state index < -0.39 is 11.5 Å². The number of rotatable bonds is 3. The highest BCUT2D eigenvalue weighted by Crippen LogP contribution is 2.40. The average molecular weight is 269 g/mol. The number of carboxylic acids is 1. The van der Waals surface area contributed by atoms with E-state index in [1.807, 2.05) is 20.8 Å². The van der Waals surface area contributed by atoms with E-state index >= 15 is 0 Å². The largest absolute Gasteiger partial charge is 0.481 e. The van der Waals surface area contributed by atoms with Gasteiger partial charge in [0.2, 0.25) is 0 Å². The number of hydrogen-bond donors (Lipinski definition) is 2. The molecular weight excluding hydrogens is 246 g/mol. The summed E-state index contributed by atoms with van der Waals surface area (Å²) in [6.45, 7) is 12.2. The van der Waals surface area contributed by atoms with E-state index in [4.69, 9.17) is 10.8 Å². The lowest BCUT2D eigenvalue weighted by Gasteiger charge is -2.19. The number of thiophene rings is 1. The maximum absolute atomic E-state index is 11.0. The Morgan fingerprint density at radius 3 is 2.06 bits per heavy atom. The molecule has 102 valence electrons. The van der Waals surface area contributed by atoms with Gasteiger partial charge in [0.15, 0.2) is 0 Å². The van der Waals surface area contributed by atoms with Crippen molar-refractivity contribution in [2.45, 2.75) is 58.9 Å². The zero-order valence-electron chi connectivity index (χ0n) is 12.0. The van der Waals surface area contributed by atoms with Gasteiger partial charge in [0.25, 0.3) is 0 Å². The molecule has 0 aromatic carbocycles. The van der Waals surface area contributed by atoms with Crippen LogP contribution in [-0.4, -0.2) is 11.1 Å². The molecule has 0 aliphatic carbocycles. The van der Waals surface area contributed by atoms with Gasteiger partial charge in [-0.1, -0.05) is 20.8 Å². The quantitative estimate of drug-likeness (QED) is 0.886. The maximum atomic E-state index is 11.0. The fourth-order valence-corrected chi connectivity index (χ4v) is 3.53. The van der Waals surface area contributed by atoms with Crippen LogP contribution in [0.3, 0.4) is 0 Å². The van der Waals surface area contributed by atoms with E-state index in [0.29, 0.717) is 0 Å². The van der Waals surface area contributed by atoms with E-state index in [1.54, 1.807) is 11.3 Å². The van der Waals surface area contributed by atoms with E-state index in [-0.39, 0.29) is 11.8 Å². The SMILES string of the molecule is Cc1c(C(C)(C)N)sc(C(C)(C)C)c1CC(=O)O. The predicted molar refractivity (Wildman–Crippen MR) is 76.3 cm³/mol. The molecule has 0 aliphatic rings. The minimum Gasteiger partial charge on any atom is -0.481 e. The van der Waals surface area contributed by atoms with Gasteiger partial charge in [-0.25, -0.2) is 0 Å². The summed E-state index contributed by atoms with van der Waals surface area (Å²) in [6, 6.07) is 0. The van der Waals surface area contributed by atoms with Gasteiger partial charge in [0, 0.05) is 15.3 Å². The van der Waals surface area contributed by atoms with Crippen LogP contribution in [0.5, 0.6) is 0 Å². The minimum absolute atomic E-state index is 0.0519. The lowest BCUT2D eigenvalue weighted by molar-refractivity contribution is -0.136. The summed E-state index contributed by atoms with van der Waals surface area (Å²) in [4.78, 5) is 13.3. The molecule has 3 N–H and O–H groups in total. The molecule has 0 bridgehead atoms. The molecule has 0 unspecified atom stereocenters. The lowest BCUT2D eigenvalue weighted by Crippen LogP contribution is -2.28. The second-order valence-corrected chi connectivity index (χ2v) is 7.43. The van der Waals surface area contributed by atoms with Crippen molar-refractivity contribution in [2.24, 2.45) is 5.73 Å². The van der Waals surface area contributed by atoms with Crippen LogP contribution in [0, 0.1) is 6.92 Å². The third-order valence-corrected chi connectivity index (χ3v) is 4.97. The van der Waals surface area contributed by atoms with Crippen molar-refractivity contribution in [3.8, 4) is 0 Å². The molecule has 0 atom stereocenters. The molecule has 0 saturated heterocycles. The van der Waals surface area contributed by atoms with Gasteiger partial charge in [-0.3, -0.25) is 4.79 Å². The Hall–Kier alpha value is -0.870. The molecule has 4 heteroatoms. The first-order valence-corrected chi connectivity index (χ1v) is 6.90. The molecule has 1 heterocycles. The summed E-state index contributed by atoms with van der Waals surface area (Å²) in [6.07, 6.45) is 0.0744. The summed E-state index contributed by atoms with van der Waals surface area (Å²) in [5, 5.41) is 9.07. The topological polar surface area (TPSA) is 63.3 Å². The number of nitrogens with two attached hydrogens (primary N) is 1. The zero-order valence-corrected chi connectivity index (χ0v) is 12.9. The molecule has 0 saturated carbocycles. The van der Waals surface area contributed by atoms with E-state index in [0.717, 1.165) is 20.9 Å². The molecule has 1 rings (SSSR count). The third-order valence-electron chi connectivity index (χ3n) is 2.87. The highest BCUT2D eigenvalue weighted by atomic mass is 32.1. The van der Waals surface area contributed by atoms with Gasteiger partial charge in [0.05, 0.1) is 6.42 Å². The highest BCUT2D eigenvalue weighted by Gasteiger charge is 2.29. The molecule has 18 heavy (non-hydrogen) atoms. The Morgan fingerprint density at radius 1 is 1.22 bits per heavy atom. The Bertz CT molecular complexity index is 461. The maximum Gasteiger partial charge on any atom is 0.307 e. The third kappa shape index (κ3) is 3.12. The van der Waals surface area contributed by atoms with Crippen LogP contribution in [0.15, 0.2) is 0 Å². The van der Waals surface area contributed by atoms with Crippen molar-refractivity contribution < 1.29 is 9.90 Å².